The number of benzene rings is 1. The van der Waals surface area contributed by atoms with E-state index in [4.69, 9.17) is 0 Å². The number of rotatable bonds is 5. The predicted molar refractivity (Wildman–Crippen MR) is 84.8 cm³/mol. The second-order valence-corrected chi connectivity index (χ2v) is 7.05. The summed E-state index contributed by atoms with van der Waals surface area (Å²) in [7, 11) is 0. The first-order chi connectivity index (χ1) is 9.85. The summed E-state index contributed by atoms with van der Waals surface area (Å²) in [5.41, 5.74) is 0.900. The summed E-state index contributed by atoms with van der Waals surface area (Å²) in [6.45, 7) is 7.38. The standard InChI is InChI=1S/C15H21N3O2S/c1-15(2,3)16-8-4-5-13-17-18-14(21-13)10-6-7-11(19)12(20)9-10/h6-7,9,16,19-20H,4-5,8H2,1-3H3. The van der Waals surface area contributed by atoms with Crippen LogP contribution in [-0.4, -0.2) is 32.5 Å². The van der Waals surface area contributed by atoms with Crippen LogP contribution in [0.25, 0.3) is 10.6 Å². The van der Waals surface area contributed by atoms with Gasteiger partial charge in [0.2, 0.25) is 0 Å². The molecule has 21 heavy (non-hydrogen) atoms. The molecule has 0 aliphatic rings. The minimum atomic E-state index is -0.140. The van der Waals surface area contributed by atoms with Crippen molar-refractivity contribution in [3.8, 4) is 22.1 Å². The van der Waals surface area contributed by atoms with Crippen LogP contribution in [0.15, 0.2) is 18.2 Å². The molecule has 1 aromatic carbocycles. The van der Waals surface area contributed by atoms with Crippen LogP contribution in [0.2, 0.25) is 0 Å². The van der Waals surface area contributed by atoms with E-state index in [1.54, 1.807) is 6.07 Å². The van der Waals surface area contributed by atoms with Crippen LogP contribution >= 0.6 is 11.3 Å². The van der Waals surface area contributed by atoms with Gasteiger partial charge in [0.25, 0.3) is 0 Å². The molecule has 0 fully saturated rings. The van der Waals surface area contributed by atoms with Crippen LogP contribution in [0.5, 0.6) is 11.5 Å². The van der Waals surface area contributed by atoms with Crippen molar-refractivity contribution in [2.75, 3.05) is 6.54 Å². The highest BCUT2D eigenvalue weighted by Crippen LogP contribution is 2.32. The molecule has 0 aliphatic heterocycles. The molecule has 0 saturated heterocycles. The third-order valence-corrected chi connectivity index (χ3v) is 3.94. The molecular weight excluding hydrogens is 286 g/mol. The molecule has 2 aromatic rings. The number of nitrogens with one attached hydrogen (secondary N) is 1. The zero-order valence-electron chi connectivity index (χ0n) is 12.6. The first-order valence-corrected chi connectivity index (χ1v) is 7.76. The van der Waals surface area contributed by atoms with Gasteiger partial charge >= 0.3 is 0 Å². The molecule has 6 heteroatoms. The highest BCUT2D eigenvalue weighted by atomic mass is 32.1. The van der Waals surface area contributed by atoms with Gasteiger partial charge in [-0.2, -0.15) is 0 Å². The average Bonchev–Trinajstić information content (AvgIpc) is 2.86. The predicted octanol–water partition coefficient (Wildman–Crippen LogP) is 2.94. The number of aromatic hydroxyl groups is 2. The lowest BCUT2D eigenvalue weighted by molar-refractivity contribution is 0.404. The molecule has 0 amide bonds. The van der Waals surface area contributed by atoms with Crippen molar-refractivity contribution >= 4 is 11.3 Å². The van der Waals surface area contributed by atoms with Gasteiger partial charge in [-0.05, 0) is 51.9 Å². The molecule has 1 aromatic heterocycles. The fourth-order valence-corrected chi connectivity index (χ4v) is 2.71. The Kier molecular flexibility index (Phi) is 4.80. The molecular formula is C15H21N3O2S. The highest BCUT2D eigenvalue weighted by molar-refractivity contribution is 7.14. The number of aryl methyl sites for hydroxylation is 1. The molecule has 0 aliphatic carbocycles. The summed E-state index contributed by atoms with van der Waals surface area (Å²) in [5.74, 6) is -0.268. The summed E-state index contributed by atoms with van der Waals surface area (Å²) in [6.07, 6.45) is 1.89. The van der Waals surface area contributed by atoms with Gasteiger partial charge in [-0.15, -0.1) is 10.2 Å². The zero-order chi connectivity index (χ0) is 15.5. The molecule has 0 spiro atoms. The first kappa shape index (κ1) is 15.7. The molecule has 5 nitrogen and oxygen atoms in total. The molecule has 0 unspecified atom stereocenters. The largest absolute Gasteiger partial charge is 0.504 e. The molecule has 0 saturated carbocycles. The van der Waals surface area contributed by atoms with E-state index in [2.05, 4.69) is 36.3 Å². The fraction of sp³-hybridized carbons (Fsp3) is 0.467. The summed E-state index contributed by atoms with van der Waals surface area (Å²) < 4.78 is 0. The van der Waals surface area contributed by atoms with Crippen molar-refractivity contribution < 1.29 is 10.2 Å². The van der Waals surface area contributed by atoms with Crippen LogP contribution in [0.3, 0.4) is 0 Å². The molecule has 3 N–H and O–H groups in total. The van der Waals surface area contributed by atoms with Crippen molar-refractivity contribution in [3.63, 3.8) is 0 Å². The van der Waals surface area contributed by atoms with Crippen molar-refractivity contribution in [3.05, 3.63) is 23.2 Å². The number of hydrogen-bond donors (Lipinski definition) is 3. The lowest BCUT2D eigenvalue weighted by atomic mass is 10.1. The van der Waals surface area contributed by atoms with E-state index in [0.29, 0.717) is 0 Å². The Morgan fingerprint density at radius 1 is 1.14 bits per heavy atom. The Bertz CT molecular complexity index is 605. The average molecular weight is 307 g/mol. The van der Waals surface area contributed by atoms with Crippen molar-refractivity contribution in [2.24, 2.45) is 0 Å². The van der Waals surface area contributed by atoms with Gasteiger partial charge in [0.15, 0.2) is 11.5 Å². The van der Waals surface area contributed by atoms with E-state index < -0.39 is 0 Å². The molecule has 1 heterocycles. The number of phenols is 2. The van der Waals surface area contributed by atoms with E-state index >= 15 is 0 Å². The summed E-state index contributed by atoms with van der Waals surface area (Å²) in [4.78, 5) is 0. The van der Waals surface area contributed by atoms with Crippen molar-refractivity contribution in [2.45, 2.75) is 39.2 Å². The minimum Gasteiger partial charge on any atom is -0.504 e. The van der Waals surface area contributed by atoms with Crippen molar-refractivity contribution in [1.29, 1.82) is 0 Å². The maximum absolute atomic E-state index is 9.52. The summed E-state index contributed by atoms with van der Waals surface area (Å²) in [5, 5.41) is 32.3. The zero-order valence-corrected chi connectivity index (χ0v) is 13.4. The van der Waals surface area contributed by atoms with Gasteiger partial charge in [0, 0.05) is 17.5 Å². The maximum Gasteiger partial charge on any atom is 0.158 e. The Morgan fingerprint density at radius 3 is 2.57 bits per heavy atom. The Labute approximate surface area is 128 Å². The quantitative estimate of drug-likeness (QED) is 0.585. The molecule has 114 valence electrons. The van der Waals surface area contributed by atoms with Gasteiger partial charge < -0.3 is 15.5 Å². The summed E-state index contributed by atoms with van der Waals surface area (Å²) >= 11 is 1.52. The first-order valence-electron chi connectivity index (χ1n) is 6.95. The Hall–Kier alpha value is -1.66. The lowest BCUT2D eigenvalue weighted by Crippen LogP contribution is -2.36. The monoisotopic (exact) mass is 307 g/mol. The lowest BCUT2D eigenvalue weighted by Gasteiger charge is -2.20. The maximum atomic E-state index is 9.52. The SMILES string of the molecule is CC(C)(C)NCCCc1nnc(-c2ccc(O)c(O)c2)s1. The molecule has 0 radical (unpaired) electrons. The van der Waals surface area contributed by atoms with Crippen LogP contribution < -0.4 is 5.32 Å². The van der Waals surface area contributed by atoms with Crippen LogP contribution in [-0.2, 0) is 6.42 Å². The van der Waals surface area contributed by atoms with Crippen LogP contribution in [0.4, 0.5) is 0 Å². The number of phenolic OH excluding ortho intramolecular Hbond substituents is 2. The number of aromatic nitrogens is 2. The van der Waals surface area contributed by atoms with Gasteiger partial charge in [0.1, 0.15) is 10.0 Å². The number of nitrogens with zero attached hydrogens (tertiary/aromatic N) is 2. The Morgan fingerprint density at radius 2 is 1.90 bits per heavy atom. The van der Waals surface area contributed by atoms with E-state index in [0.717, 1.165) is 35.0 Å². The van der Waals surface area contributed by atoms with Crippen LogP contribution in [0.1, 0.15) is 32.2 Å². The second kappa shape index (κ2) is 6.41. The number of hydrogen-bond acceptors (Lipinski definition) is 6. The van der Waals surface area contributed by atoms with E-state index in [-0.39, 0.29) is 17.0 Å². The topological polar surface area (TPSA) is 78.3 Å². The van der Waals surface area contributed by atoms with Gasteiger partial charge in [0.05, 0.1) is 0 Å². The van der Waals surface area contributed by atoms with E-state index in [1.807, 2.05) is 0 Å². The van der Waals surface area contributed by atoms with E-state index in [9.17, 15) is 10.2 Å². The van der Waals surface area contributed by atoms with Gasteiger partial charge in [-0.25, -0.2) is 0 Å². The third kappa shape index (κ3) is 4.68. The normalized spacial score (nSPS) is 11.8. The third-order valence-electron chi connectivity index (χ3n) is 2.91. The minimum absolute atomic E-state index is 0.128. The van der Waals surface area contributed by atoms with Crippen LogP contribution in [0, 0.1) is 0 Å². The second-order valence-electron chi connectivity index (χ2n) is 5.98. The van der Waals surface area contributed by atoms with Gasteiger partial charge in [-0.3, -0.25) is 0 Å². The van der Waals surface area contributed by atoms with E-state index in [1.165, 1.54) is 23.5 Å². The Balaban J connectivity index is 1.93. The molecule has 0 bridgehead atoms. The smallest absolute Gasteiger partial charge is 0.158 e. The molecule has 2 rings (SSSR count). The summed E-state index contributed by atoms with van der Waals surface area (Å²) in [6, 6.07) is 4.68. The highest BCUT2D eigenvalue weighted by Gasteiger charge is 2.10. The fourth-order valence-electron chi connectivity index (χ4n) is 1.83. The molecule has 0 atom stereocenters. The van der Waals surface area contributed by atoms with Gasteiger partial charge in [-0.1, -0.05) is 11.3 Å². The van der Waals surface area contributed by atoms with Crippen molar-refractivity contribution in [1.82, 2.24) is 15.5 Å².